The molecule has 0 unspecified atom stereocenters. The van der Waals surface area contributed by atoms with E-state index in [9.17, 15) is 8.42 Å². The van der Waals surface area contributed by atoms with Gasteiger partial charge in [0.15, 0.2) is 0 Å². The molecule has 2 aromatic rings. The van der Waals surface area contributed by atoms with E-state index in [1.807, 2.05) is 0 Å². The van der Waals surface area contributed by atoms with Crippen LogP contribution < -0.4 is 4.72 Å². The Balaban J connectivity index is 2.40. The molecule has 0 radical (unpaired) electrons. The van der Waals surface area contributed by atoms with E-state index in [0.29, 0.717) is 10.7 Å². The Morgan fingerprint density at radius 3 is 2.40 bits per heavy atom. The van der Waals surface area contributed by atoms with Gasteiger partial charge in [-0.3, -0.25) is 4.72 Å². The average molecular weight is 309 g/mol. The SMILES string of the molecule is [N-]=[N+]=Nc1ccccc1S(=O)(=O)Nc1ccc(Cl)cc1. The quantitative estimate of drug-likeness (QED) is 0.523. The number of azide groups is 1. The van der Waals surface area contributed by atoms with E-state index in [4.69, 9.17) is 17.1 Å². The lowest BCUT2D eigenvalue weighted by Crippen LogP contribution is -2.12. The Hall–Kier alpha value is -2.21. The molecule has 0 saturated carbocycles. The summed E-state index contributed by atoms with van der Waals surface area (Å²) in [5.41, 5.74) is 8.86. The molecule has 0 aliphatic carbocycles. The lowest BCUT2D eigenvalue weighted by Gasteiger charge is -2.09. The molecule has 0 aromatic heterocycles. The summed E-state index contributed by atoms with van der Waals surface area (Å²) in [5.74, 6) is 0. The molecule has 6 nitrogen and oxygen atoms in total. The molecular formula is C12H9ClN4O2S. The molecule has 0 heterocycles. The Morgan fingerprint density at radius 2 is 1.75 bits per heavy atom. The van der Waals surface area contributed by atoms with Gasteiger partial charge in [-0.25, -0.2) is 8.42 Å². The van der Waals surface area contributed by atoms with Gasteiger partial charge in [0.25, 0.3) is 10.0 Å². The van der Waals surface area contributed by atoms with Gasteiger partial charge in [0, 0.05) is 15.6 Å². The van der Waals surface area contributed by atoms with Crippen LogP contribution in [0.1, 0.15) is 0 Å². The topological polar surface area (TPSA) is 94.9 Å². The predicted octanol–water partition coefficient (Wildman–Crippen LogP) is 4.08. The summed E-state index contributed by atoms with van der Waals surface area (Å²) in [6.07, 6.45) is 0. The number of hydrogen-bond donors (Lipinski definition) is 1. The van der Waals surface area contributed by atoms with Crippen LogP contribution in [0.3, 0.4) is 0 Å². The van der Waals surface area contributed by atoms with Crippen molar-refractivity contribution in [1.29, 1.82) is 0 Å². The zero-order valence-corrected chi connectivity index (χ0v) is 11.6. The zero-order chi connectivity index (χ0) is 14.6. The standard InChI is InChI=1S/C12H9ClN4O2S/c13-9-5-7-10(8-6-9)16-20(18,19)12-4-2-1-3-11(12)15-17-14/h1-8,16H. The minimum Gasteiger partial charge on any atom is -0.280 e. The number of halogens is 1. The van der Waals surface area contributed by atoms with E-state index < -0.39 is 10.0 Å². The number of hydrogen-bond acceptors (Lipinski definition) is 3. The number of nitrogens with one attached hydrogen (secondary N) is 1. The van der Waals surface area contributed by atoms with Crippen LogP contribution in [0, 0.1) is 0 Å². The molecule has 0 spiro atoms. The van der Waals surface area contributed by atoms with Crippen molar-refractivity contribution < 1.29 is 8.42 Å². The van der Waals surface area contributed by atoms with E-state index in [-0.39, 0.29) is 10.6 Å². The van der Waals surface area contributed by atoms with Crippen LogP contribution >= 0.6 is 11.6 Å². The van der Waals surface area contributed by atoms with Crippen molar-refractivity contribution in [3.8, 4) is 0 Å². The minimum atomic E-state index is -3.84. The highest BCUT2D eigenvalue weighted by molar-refractivity contribution is 7.92. The maximum absolute atomic E-state index is 12.3. The van der Waals surface area contributed by atoms with E-state index in [1.54, 1.807) is 24.3 Å². The molecule has 0 fully saturated rings. The van der Waals surface area contributed by atoms with Crippen molar-refractivity contribution in [2.45, 2.75) is 4.90 Å². The third-order valence-corrected chi connectivity index (χ3v) is 4.08. The van der Waals surface area contributed by atoms with Crippen LogP contribution in [-0.4, -0.2) is 8.42 Å². The van der Waals surface area contributed by atoms with Gasteiger partial charge in [0.2, 0.25) is 0 Å². The Kier molecular flexibility index (Phi) is 4.14. The Bertz CT molecular complexity index is 768. The van der Waals surface area contributed by atoms with Gasteiger partial charge in [-0.05, 0) is 35.9 Å². The predicted molar refractivity (Wildman–Crippen MR) is 77.5 cm³/mol. The smallest absolute Gasteiger partial charge is 0.262 e. The van der Waals surface area contributed by atoms with Crippen molar-refractivity contribution in [3.63, 3.8) is 0 Å². The molecular weight excluding hydrogens is 300 g/mol. The number of nitrogens with zero attached hydrogens (tertiary/aromatic N) is 3. The van der Waals surface area contributed by atoms with Crippen LogP contribution in [0.4, 0.5) is 11.4 Å². The number of sulfonamides is 1. The number of benzene rings is 2. The van der Waals surface area contributed by atoms with Crippen molar-refractivity contribution in [2.75, 3.05) is 4.72 Å². The fourth-order valence-corrected chi connectivity index (χ4v) is 2.87. The van der Waals surface area contributed by atoms with E-state index >= 15 is 0 Å². The van der Waals surface area contributed by atoms with Gasteiger partial charge in [-0.1, -0.05) is 34.9 Å². The van der Waals surface area contributed by atoms with Gasteiger partial charge < -0.3 is 0 Å². The number of rotatable bonds is 4. The molecule has 0 aliphatic heterocycles. The first-order valence-corrected chi connectivity index (χ1v) is 7.31. The van der Waals surface area contributed by atoms with Crippen molar-refractivity contribution in [1.82, 2.24) is 0 Å². The van der Waals surface area contributed by atoms with Gasteiger partial charge in [0.05, 0.1) is 10.6 Å². The van der Waals surface area contributed by atoms with Crippen molar-refractivity contribution >= 4 is 33.0 Å². The van der Waals surface area contributed by atoms with E-state index in [2.05, 4.69) is 14.7 Å². The highest BCUT2D eigenvalue weighted by Crippen LogP contribution is 2.26. The highest BCUT2D eigenvalue weighted by atomic mass is 35.5. The third-order valence-electron chi connectivity index (χ3n) is 2.40. The lowest BCUT2D eigenvalue weighted by atomic mass is 10.3. The third kappa shape index (κ3) is 3.21. The van der Waals surface area contributed by atoms with E-state index in [0.717, 1.165) is 0 Å². The van der Waals surface area contributed by atoms with Crippen LogP contribution in [0.5, 0.6) is 0 Å². The summed E-state index contributed by atoms with van der Waals surface area (Å²) >= 11 is 5.73. The molecule has 8 heteroatoms. The molecule has 102 valence electrons. The second-order valence-electron chi connectivity index (χ2n) is 3.77. The number of anilines is 1. The summed E-state index contributed by atoms with van der Waals surface area (Å²) in [6.45, 7) is 0. The maximum atomic E-state index is 12.3. The zero-order valence-electron chi connectivity index (χ0n) is 10.1. The molecule has 0 aliphatic rings. The fraction of sp³-hybridized carbons (Fsp3) is 0. The summed E-state index contributed by atoms with van der Waals surface area (Å²) < 4.78 is 26.9. The lowest BCUT2D eigenvalue weighted by molar-refractivity contribution is 0.601. The maximum Gasteiger partial charge on any atom is 0.262 e. The van der Waals surface area contributed by atoms with E-state index in [1.165, 1.54) is 24.3 Å². The fourth-order valence-electron chi connectivity index (χ4n) is 1.54. The largest absolute Gasteiger partial charge is 0.280 e. The van der Waals surface area contributed by atoms with Crippen LogP contribution in [-0.2, 0) is 10.0 Å². The van der Waals surface area contributed by atoms with Gasteiger partial charge in [0.1, 0.15) is 0 Å². The minimum absolute atomic E-state index is 0.0384. The van der Waals surface area contributed by atoms with Gasteiger partial charge in [-0.15, -0.1) is 0 Å². The first-order chi connectivity index (χ1) is 9.53. The molecule has 2 rings (SSSR count). The monoisotopic (exact) mass is 308 g/mol. The first kappa shape index (κ1) is 14.2. The molecule has 0 bridgehead atoms. The Labute approximate surface area is 120 Å². The second kappa shape index (κ2) is 5.83. The molecule has 0 saturated heterocycles. The summed E-state index contributed by atoms with van der Waals surface area (Å²) in [5, 5.41) is 3.87. The summed E-state index contributed by atoms with van der Waals surface area (Å²) in [4.78, 5) is 2.52. The van der Waals surface area contributed by atoms with Crippen LogP contribution in [0.25, 0.3) is 10.4 Å². The molecule has 0 amide bonds. The highest BCUT2D eigenvalue weighted by Gasteiger charge is 2.17. The van der Waals surface area contributed by atoms with Crippen LogP contribution in [0.15, 0.2) is 58.5 Å². The van der Waals surface area contributed by atoms with Crippen molar-refractivity contribution in [2.24, 2.45) is 5.11 Å². The second-order valence-corrected chi connectivity index (χ2v) is 5.86. The summed E-state index contributed by atoms with van der Waals surface area (Å²) in [7, 11) is -3.84. The normalized spacial score (nSPS) is 10.7. The van der Waals surface area contributed by atoms with Crippen molar-refractivity contribution in [3.05, 3.63) is 64.0 Å². The van der Waals surface area contributed by atoms with Gasteiger partial charge in [-0.2, -0.15) is 0 Å². The molecule has 20 heavy (non-hydrogen) atoms. The van der Waals surface area contributed by atoms with Crippen LogP contribution in [0.2, 0.25) is 5.02 Å². The first-order valence-electron chi connectivity index (χ1n) is 5.45. The average Bonchev–Trinajstić information content (AvgIpc) is 2.42. The van der Waals surface area contributed by atoms with Gasteiger partial charge >= 0.3 is 0 Å². The Morgan fingerprint density at radius 1 is 1.10 bits per heavy atom. The molecule has 1 N–H and O–H groups in total. The summed E-state index contributed by atoms with van der Waals surface area (Å²) in [6, 6.07) is 12.1. The molecule has 0 atom stereocenters. The molecule has 2 aromatic carbocycles.